The summed E-state index contributed by atoms with van der Waals surface area (Å²) in [5.74, 6) is 1.63. The second-order valence-electron chi connectivity index (χ2n) is 4.64. The Hall–Kier alpha value is -1.16. The maximum atomic E-state index is 5.49. The summed E-state index contributed by atoms with van der Waals surface area (Å²) in [7, 11) is 0. The summed E-state index contributed by atoms with van der Waals surface area (Å²) in [5.41, 5.74) is 7.66. The number of rotatable bonds is 5. The van der Waals surface area contributed by atoms with Crippen molar-refractivity contribution in [2.75, 3.05) is 18.4 Å². The molecule has 1 aliphatic carbocycles. The van der Waals surface area contributed by atoms with Crippen LogP contribution in [0.15, 0.2) is 6.20 Å². The number of nitrogens with zero attached hydrogens (tertiary/aromatic N) is 2. The largest absolute Gasteiger partial charge is 0.381 e. The van der Waals surface area contributed by atoms with Gasteiger partial charge in [0.1, 0.15) is 5.82 Å². The Kier molecular flexibility index (Phi) is 4.31. The molecular weight excluding hydrogens is 212 g/mol. The molecule has 94 valence electrons. The highest BCUT2D eigenvalue weighted by atomic mass is 15.0. The van der Waals surface area contributed by atoms with Crippen molar-refractivity contribution in [2.45, 2.75) is 44.9 Å². The number of nitrogens with one attached hydrogen (secondary N) is 1. The van der Waals surface area contributed by atoms with Crippen LogP contribution < -0.4 is 11.1 Å². The van der Waals surface area contributed by atoms with E-state index in [1.165, 1.54) is 25.7 Å². The van der Waals surface area contributed by atoms with Crippen LogP contribution in [0.2, 0.25) is 0 Å². The van der Waals surface area contributed by atoms with Gasteiger partial charge in [-0.1, -0.05) is 19.8 Å². The highest BCUT2D eigenvalue weighted by Crippen LogP contribution is 2.32. The van der Waals surface area contributed by atoms with Gasteiger partial charge in [0, 0.05) is 19.0 Å². The molecule has 17 heavy (non-hydrogen) atoms. The van der Waals surface area contributed by atoms with E-state index < -0.39 is 0 Å². The molecule has 1 aromatic heterocycles. The van der Waals surface area contributed by atoms with E-state index in [2.05, 4.69) is 17.2 Å². The smallest absolute Gasteiger partial charge is 0.131 e. The van der Waals surface area contributed by atoms with Crippen molar-refractivity contribution in [1.29, 1.82) is 0 Å². The highest BCUT2D eigenvalue weighted by molar-refractivity contribution is 5.46. The molecule has 0 radical (unpaired) electrons. The first-order chi connectivity index (χ1) is 8.35. The molecule has 3 N–H and O–H groups in total. The standard InChI is InChI=1S/C13H22N4/c1-2-11-12(15-8-7-14)9-16-13(17-11)10-5-3-4-6-10/h9-10,15H,2-8,14H2,1H3. The van der Waals surface area contributed by atoms with Gasteiger partial charge in [-0.25, -0.2) is 9.97 Å². The Bertz CT molecular complexity index is 358. The van der Waals surface area contributed by atoms with Crippen LogP contribution in [0.3, 0.4) is 0 Å². The lowest BCUT2D eigenvalue weighted by molar-refractivity contribution is 0.661. The summed E-state index contributed by atoms with van der Waals surface area (Å²) in [6.45, 7) is 3.54. The fourth-order valence-electron chi connectivity index (χ4n) is 2.44. The molecule has 1 aromatic rings. The Labute approximate surface area is 103 Å². The number of hydrogen-bond acceptors (Lipinski definition) is 4. The molecule has 1 heterocycles. The minimum absolute atomic E-state index is 0.587. The maximum absolute atomic E-state index is 5.49. The fraction of sp³-hybridized carbons (Fsp3) is 0.692. The molecule has 0 aliphatic heterocycles. The molecule has 0 saturated heterocycles. The first kappa shape index (κ1) is 12.3. The topological polar surface area (TPSA) is 63.8 Å². The maximum Gasteiger partial charge on any atom is 0.131 e. The minimum atomic E-state index is 0.587. The van der Waals surface area contributed by atoms with E-state index in [0.29, 0.717) is 12.5 Å². The summed E-state index contributed by atoms with van der Waals surface area (Å²) in [4.78, 5) is 9.22. The van der Waals surface area contributed by atoms with Crippen molar-refractivity contribution in [3.8, 4) is 0 Å². The lowest BCUT2D eigenvalue weighted by Crippen LogP contribution is -2.15. The number of nitrogens with two attached hydrogens (primary N) is 1. The number of anilines is 1. The third-order valence-electron chi connectivity index (χ3n) is 3.40. The van der Waals surface area contributed by atoms with Crippen LogP contribution in [0, 0.1) is 0 Å². The average molecular weight is 234 g/mol. The van der Waals surface area contributed by atoms with Crippen molar-refractivity contribution in [1.82, 2.24) is 9.97 Å². The van der Waals surface area contributed by atoms with Crippen LogP contribution >= 0.6 is 0 Å². The normalized spacial score (nSPS) is 16.4. The number of aryl methyl sites for hydroxylation is 1. The van der Waals surface area contributed by atoms with E-state index in [1.54, 1.807) is 0 Å². The molecule has 4 heteroatoms. The Morgan fingerprint density at radius 3 is 2.82 bits per heavy atom. The third kappa shape index (κ3) is 2.94. The predicted molar refractivity (Wildman–Crippen MR) is 70.2 cm³/mol. The van der Waals surface area contributed by atoms with Gasteiger partial charge in [-0.15, -0.1) is 0 Å². The van der Waals surface area contributed by atoms with Gasteiger partial charge in [0.25, 0.3) is 0 Å². The van der Waals surface area contributed by atoms with Crippen molar-refractivity contribution < 1.29 is 0 Å². The highest BCUT2D eigenvalue weighted by Gasteiger charge is 2.20. The first-order valence-electron chi connectivity index (χ1n) is 6.65. The van der Waals surface area contributed by atoms with E-state index in [4.69, 9.17) is 10.7 Å². The van der Waals surface area contributed by atoms with E-state index in [9.17, 15) is 0 Å². The van der Waals surface area contributed by atoms with Gasteiger partial charge in [-0.05, 0) is 19.3 Å². The van der Waals surface area contributed by atoms with E-state index in [-0.39, 0.29) is 0 Å². The summed E-state index contributed by atoms with van der Waals surface area (Å²) >= 11 is 0. The molecule has 0 unspecified atom stereocenters. The predicted octanol–water partition coefficient (Wildman–Crippen LogP) is 2.07. The number of aromatic nitrogens is 2. The van der Waals surface area contributed by atoms with E-state index in [1.807, 2.05) is 6.20 Å². The molecule has 2 rings (SSSR count). The molecule has 0 atom stereocenters. The van der Waals surface area contributed by atoms with Crippen LogP contribution in [0.4, 0.5) is 5.69 Å². The molecule has 0 spiro atoms. The summed E-state index contributed by atoms with van der Waals surface area (Å²) in [6, 6.07) is 0. The zero-order chi connectivity index (χ0) is 12.1. The quantitative estimate of drug-likeness (QED) is 0.818. The van der Waals surface area contributed by atoms with Crippen LogP contribution in [-0.2, 0) is 6.42 Å². The van der Waals surface area contributed by atoms with Crippen molar-refractivity contribution in [2.24, 2.45) is 5.73 Å². The third-order valence-corrected chi connectivity index (χ3v) is 3.40. The molecule has 0 aromatic carbocycles. The monoisotopic (exact) mass is 234 g/mol. The Morgan fingerprint density at radius 1 is 1.41 bits per heavy atom. The average Bonchev–Trinajstić information content (AvgIpc) is 2.90. The first-order valence-corrected chi connectivity index (χ1v) is 6.65. The van der Waals surface area contributed by atoms with Gasteiger partial charge < -0.3 is 11.1 Å². The molecule has 4 nitrogen and oxygen atoms in total. The van der Waals surface area contributed by atoms with E-state index in [0.717, 1.165) is 30.2 Å². The van der Waals surface area contributed by atoms with Gasteiger partial charge >= 0.3 is 0 Å². The van der Waals surface area contributed by atoms with Gasteiger partial charge in [0.05, 0.1) is 17.6 Å². The molecular formula is C13H22N4. The van der Waals surface area contributed by atoms with Crippen molar-refractivity contribution >= 4 is 5.69 Å². The van der Waals surface area contributed by atoms with Crippen LogP contribution in [0.25, 0.3) is 0 Å². The van der Waals surface area contributed by atoms with Crippen LogP contribution in [0.5, 0.6) is 0 Å². The van der Waals surface area contributed by atoms with Gasteiger partial charge in [0.2, 0.25) is 0 Å². The summed E-state index contributed by atoms with van der Waals surface area (Å²) < 4.78 is 0. The molecule has 1 fully saturated rings. The molecule has 1 aliphatic rings. The zero-order valence-electron chi connectivity index (χ0n) is 10.6. The van der Waals surface area contributed by atoms with Gasteiger partial charge in [-0.3, -0.25) is 0 Å². The minimum Gasteiger partial charge on any atom is -0.381 e. The van der Waals surface area contributed by atoms with Gasteiger partial charge in [-0.2, -0.15) is 0 Å². The zero-order valence-corrected chi connectivity index (χ0v) is 10.6. The fourth-order valence-corrected chi connectivity index (χ4v) is 2.44. The van der Waals surface area contributed by atoms with Crippen molar-refractivity contribution in [3.63, 3.8) is 0 Å². The second kappa shape index (κ2) is 5.96. The molecule has 1 saturated carbocycles. The SMILES string of the molecule is CCc1nc(C2CCCC2)ncc1NCCN. The molecule has 0 amide bonds. The van der Waals surface area contributed by atoms with Crippen LogP contribution in [0.1, 0.15) is 50.0 Å². The van der Waals surface area contributed by atoms with Gasteiger partial charge in [0.15, 0.2) is 0 Å². The summed E-state index contributed by atoms with van der Waals surface area (Å²) in [5, 5.41) is 3.28. The molecule has 0 bridgehead atoms. The lowest BCUT2D eigenvalue weighted by atomic mass is 10.1. The van der Waals surface area contributed by atoms with Crippen molar-refractivity contribution in [3.05, 3.63) is 17.7 Å². The lowest BCUT2D eigenvalue weighted by Gasteiger charge is -2.13. The van der Waals surface area contributed by atoms with E-state index >= 15 is 0 Å². The Morgan fingerprint density at radius 2 is 2.18 bits per heavy atom. The Balaban J connectivity index is 2.14. The second-order valence-corrected chi connectivity index (χ2v) is 4.64. The van der Waals surface area contributed by atoms with Crippen LogP contribution in [-0.4, -0.2) is 23.1 Å². The summed E-state index contributed by atoms with van der Waals surface area (Å²) in [6.07, 6.45) is 8.01. The number of hydrogen-bond donors (Lipinski definition) is 2.